The zero-order chi connectivity index (χ0) is 34.6. The number of carbonyl (C=O) groups excluding carboxylic acids is 3. The summed E-state index contributed by atoms with van der Waals surface area (Å²) in [4.78, 5) is 42.3. The van der Waals surface area contributed by atoms with Crippen LogP contribution in [0.1, 0.15) is 55.5 Å². The molecule has 0 radical (unpaired) electrons. The topological polar surface area (TPSA) is 131 Å². The molecule has 0 bridgehead atoms. The molecule has 0 spiro atoms. The molecular weight excluding hydrogens is 676 g/mol. The first-order valence-electron chi connectivity index (χ1n) is 16.3. The van der Waals surface area contributed by atoms with Gasteiger partial charge in [0.1, 0.15) is 6.04 Å². The Kier molecular flexibility index (Phi) is 10.9. The molecule has 2 aliphatic rings. The lowest BCUT2D eigenvalue weighted by Gasteiger charge is -2.36. The highest BCUT2D eigenvalue weighted by Crippen LogP contribution is 2.46. The van der Waals surface area contributed by atoms with Crippen molar-refractivity contribution in [3.63, 3.8) is 0 Å². The maximum absolute atomic E-state index is 14.7. The number of hydrogen-bond donors (Lipinski definition) is 4. The molecular formula is C37H45BrN4O6. The molecule has 1 unspecified atom stereocenters. The van der Waals surface area contributed by atoms with Gasteiger partial charge in [-0.15, -0.1) is 0 Å². The Hall–Kier alpha value is -3.77. The standard InChI is InChI=1S/C37H45BrN4O6/c1-36(2,3)32(39-35(47)48-4)33(45)40-41(22-25-14-16-27(38)17-15-25)19-18-37(21-24-10-6-5-7-11-24)30(44)23-42(34(37)46)31-28-13-9-8-12-26(28)20-29(31)43/h5-17,29-32,43-44H,18-23H2,1-4H3,(H,39,47)(H,40,45)/t29-,30+,31?,32-,37+/m1/s1. The summed E-state index contributed by atoms with van der Waals surface area (Å²) < 4.78 is 5.70. The number of likely N-dealkylation sites (tertiary alicyclic amines) is 1. The average Bonchev–Trinajstić information content (AvgIpc) is 3.50. The van der Waals surface area contributed by atoms with Crippen LogP contribution < -0.4 is 10.7 Å². The molecule has 3 aromatic carbocycles. The van der Waals surface area contributed by atoms with Crippen molar-refractivity contribution in [1.29, 1.82) is 0 Å². The van der Waals surface area contributed by atoms with Crippen molar-refractivity contribution in [2.24, 2.45) is 10.8 Å². The van der Waals surface area contributed by atoms with Gasteiger partial charge in [0.15, 0.2) is 0 Å². The minimum atomic E-state index is -1.23. The number of alkyl carbamates (subject to hydrolysis) is 1. The van der Waals surface area contributed by atoms with Crippen LogP contribution >= 0.6 is 15.9 Å². The van der Waals surface area contributed by atoms with Gasteiger partial charge < -0.3 is 25.2 Å². The molecule has 0 aromatic heterocycles. The number of β-amino-alcohol motifs (C(OH)–C–C–N with tert-alkyl or cyclic N) is 1. The molecule has 11 heteroatoms. The molecule has 5 atom stereocenters. The van der Waals surface area contributed by atoms with E-state index in [2.05, 4.69) is 26.7 Å². The maximum atomic E-state index is 14.7. The molecule has 10 nitrogen and oxygen atoms in total. The van der Waals surface area contributed by atoms with Crippen molar-refractivity contribution in [3.05, 3.63) is 106 Å². The summed E-state index contributed by atoms with van der Waals surface area (Å²) in [7, 11) is 1.25. The van der Waals surface area contributed by atoms with Crippen molar-refractivity contribution in [3.8, 4) is 0 Å². The van der Waals surface area contributed by atoms with Crippen molar-refractivity contribution in [1.82, 2.24) is 20.7 Å². The number of benzene rings is 3. The van der Waals surface area contributed by atoms with Gasteiger partial charge in [0.25, 0.3) is 5.91 Å². The fourth-order valence-corrected chi connectivity index (χ4v) is 7.21. The van der Waals surface area contributed by atoms with Gasteiger partial charge in [-0.05, 0) is 52.6 Å². The van der Waals surface area contributed by atoms with Gasteiger partial charge in [-0.2, -0.15) is 0 Å². The van der Waals surface area contributed by atoms with Crippen LogP contribution in [0.5, 0.6) is 0 Å². The minimum Gasteiger partial charge on any atom is -0.453 e. The van der Waals surface area contributed by atoms with Gasteiger partial charge in [0, 0.05) is 30.5 Å². The second-order valence-corrected chi connectivity index (χ2v) is 14.8. The highest BCUT2D eigenvalue weighted by Gasteiger charge is 2.56. The predicted molar refractivity (Wildman–Crippen MR) is 185 cm³/mol. The van der Waals surface area contributed by atoms with Gasteiger partial charge in [-0.1, -0.05) is 103 Å². The third-order valence-electron chi connectivity index (χ3n) is 9.52. The lowest BCUT2D eigenvalue weighted by atomic mass is 9.75. The normalized spacial score (nSPS) is 22.8. The van der Waals surface area contributed by atoms with Crippen molar-refractivity contribution < 1.29 is 29.3 Å². The molecule has 3 amide bonds. The van der Waals surface area contributed by atoms with Crippen LogP contribution in [0.15, 0.2) is 83.3 Å². The number of hydrogen-bond acceptors (Lipinski definition) is 7. The van der Waals surface area contributed by atoms with Gasteiger partial charge in [-0.3, -0.25) is 15.0 Å². The van der Waals surface area contributed by atoms with E-state index >= 15 is 0 Å². The van der Waals surface area contributed by atoms with E-state index in [0.717, 1.165) is 26.7 Å². The van der Waals surface area contributed by atoms with Gasteiger partial charge >= 0.3 is 6.09 Å². The summed E-state index contributed by atoms with van der Waals surface area (Å²) in [6, 6.07) is 23.6. The van der Waals surface area contributed by atoms with E-state index in [0.29, 0.717) is 13.0 Å². The van der Waals surface area contributed by atoms with E-state index in [4.69, 9.17) is 4.74 Å². The first-order valence-corrected chi connectivity index (χ1v) is 17.0. The molecule has 1 aliphatic carbocycles. The Bertz CT molecular complexity index is 1600. The molecule has 4 N–H and O–H groups in total. The van der Waals surface area contributed by atoms with Gasteiger partial charge in [-0.25, -0.2) is 9.80 Å². The number of halogens is 1. The number of nitrogens with one attached hydrogen (secondary N) is 2. The van der Waals surface area contributed by atoms with E-state index in [-0.39, 0.29) is 31.8 Å². The molecule has 256 valence electrons. The number of hydrazine groups is 1. The Labute approximate surface area is 290 Å². The summed E-state index contributed by atoms with van der Waals surface area (Å²) in [6.45, 7) is 6.13. The summed E-state index contributed by atoms with van der Waals surface area (Å²) in [6.07, 6.45) is -1.60. The number of rotatable bonds is 11. The van der Waals surface area contributed by atoms with Crippen molar-refractivity contribution >= 4 is 33.8 Å². The number of fused-ring (bicyclic) bond motifs is 1. The van der Waals surface area contributed by atoms with Crippen LogP contribution in [0.2, 0.25) is 0 Å². The van der Waals surface area contributed by atoms with Crippen LogP contribution in [0.4, 0.5) is 4.79 Å². The molecule has 0 saturated carbocycles. The van der Waals surface area contributed by atoms with Crippen molar-refractivity contribution in [2.75, 3.05) is 20.2 Å². The Morgan fingerprint density at radius 1 is 1.02 bits per heavy atom. The molecule has 5 rings (SSSR count). The quantitative estimate of drug-likeness (QED) is 0.214. The van der Waals surface area contributed by atoms with Crippen LogP contribution in [-0.4, -0.2) is 76.5 Å². The number of carbonyl (C=O) groups is 3. The average molecular weight is 722 g/mol. The summed E-state index contributed by atoms with van der Waals surface area (Å²) in [5.41, 5.74) is 4.84. The SMILES string of the molecule is COC(=O)N[C@H](C(=O)NN(CC[C@@]1(Cc2ccccc2)C(=O)N(C2c3ccccc3C[C@H]2O)C[C@@H]1O)Cc1ccc(Br)cc1)C(C)(C)C. The largest absolute Gasteiger partial charge is 0.453 e. The third-order valence-corrected chi connectivity index (χ3v) is 10.0. The van der Waals surface area contributed by atoms with Crippen molar-refractivity contribution in [2.45, 2.75) is 70.9 Å². The lowest BCUT2D eigenvalue weighted by Crippen LogP contribution is -2.57. The molecule has 1 heterocycles. The minimum absolute atomic E-state index is 0.0793. The smallest absolute Gasteiger partial charge is 0.407 e. The van der Waals surface area contributed by atoms with Crippen LogP contribution in [0.25, 0.3) is 0 Å². The van der Waals surface area contributed by atoms with E-state index in [1.54, 1.807) is 9.91 Å². The highest BCUT2D eigenvalue weighted by molar-refractivity contribution is 9.10. The van der Waals surface area contributed by atoms with Crippen LogP contribution in [0.3, 0.4) is 0 Å². The lowest BCUT2D eigenvalue weighted by molar-refractivity contribution is -0.142. The number of nitrogens with zero attached hydrogens (tertiary/aromatic N) is 2. The number of aliphatic hydroxyl groups excluding tert-OH is 2. The van der Waals surface area contributed by atoms with E-state index in [1.807, 2.05) is 99.6 Å². The number of aliphatic hydroxyl groups is 2. The fourth-order valence-electron chi connectivity index (χ4n) is 6.95. The Morgan fingerprint density at radius 3 is 2.35 bits per heavy atom. The molecule has 3 aromatic rings. The number of ether oxygens (including phenoxy) is 1. The van der Waals surface area contributed by atoms with E-state index in [9.17, 15) is 24.6 Å². The molecule has 1 fully saturated rings. The molecule has 1 aliphatic heterocycles. The summed E-state index contributed by atoms with van der Waals surface area (Å²) in [5.74, 6) is -0.665. The third kappa shape index (κ3) is 7.75. The molecule has 1 saturated heterocycles. The first kappa shape index (κ1) is 35.5. The van der Waals surface area contributed by atoms with Gasteiger partial charge in [0.05, 0.1) is 30.8 Å². The van der Waals surface area contributed by atoms with E-state index in [1.165, 1.54) is 7.11 Å². The zero-order valence-corrected chi connectivity index (χ0v) is 29.4. The number of methoxy groups -OCH3 is 1. The Morgan fingerprint density at radius 2 is 1.69 bits per heavy atom. The second kappa shape index (κ2) is 14.8. The Balaban J connectivity index is 1.46. The molecule has 48 heavy (non-hydrogen) atoms. The second-order valence-electron chi connectivity index (χ2n) is 13.9. The van der Waals surface area contributed by atoms with Gasteiger partial charge in [0.2, 0.25) is 5.91 Å². The monoisotopic (exact) mass is 720 g/mol. The maximum Gasteiger partial charge on any atom is 0.407 e. The fraction of sp³-hybridized carbons (Fsp3) is 0.432. The zero-order valence-electron chi connectivity index (χ0n) is 27.9. The predicted octanol–water partition coefficient (Wildman–Crippen LogP) is 4.53. The highest BCUT2D eigenvalue weighted by atomic mass is 79.9. The first-order chi connectivity index (χ1) is 22.8. The van der Waals surface area contributed by atoms with E-state index < -0.39 is 47.1 Å². The summed E-state index contributed by atoms with van der Waals surface area (Å²) in [5, 5.41) is 27.4. The van der Waals surface area contributed by atoms with Crippen LogP contribution in [0, 0.1) is 10.8 Å². The summed E-state index contributed by atoms with van der Waals surface area (Å²) >= 11 is 3.47. The number of amides is 3. The van der Waals surface area contributed by atoms with Crippen LogP contribution in [-0.2, 0) is 33.7 Å².